The summed E-state index contributed by atoms with van der Waals surface area (Å²) in [5.74, 6) is -1.63. The van der Waals surface area contributed by atoms with Gasteiger partial charge in [-0.25, -0.2) is 4.98 Å². The van der Waals surface area contributed by atoms with Crippen molar-refractivity contribution in [3.63, 3.8) is 0 Å². The molecule has 1 N–H and O–H groups in total. The zero-order chi connectivity index (χ0) is 16.4. The van der Waals surface area contributed by atoms with Crippen molar-refractivity contribution in [3.05, 3.63) is 60.4 Å². The number of imidazole rings is 1. The van der Waals surface area contributed by atoms with Gasteiger partial charge in [0.15, 0.2) is 0 Å². The highest BCUT2D eigenvalue weighted by Gasteiger charge is 2.37. The Bertz CT molecular complexity index is 841. The first-order valence-corrected chi connectivity index (χ1v) is 6.82. The van der Waals surface area contributed by atoms with E-state index in [2.05, 4.69) is 10.3 Å². The lowest BCUT2D eigenvalue weighted by atomic mass is 10.3. The SMILES string of the molecule is O=C(Cn1c(C(F)(F)F)nc2ccccc21)Nc1ccccc1. The van der Waals surface area contributed by atoms with Crippen LogP contribution in [0.5, 0.6) is 0 Å². The highest BCUT2D eigenvalue weighted by Crippen LogP contribution is 2.31. The predicted molar refractivity (Wildman–Crippen MR) is 79.8 cm³/mol. The van der Waals surface area contributed by atoms with Crippen LogP contribution in [0.15, 0.2) is 54.6 Å². The van der Waals surface area contributed by atoms with Crippen LogP contribution in [0.2, 0.25) is 0 Å². The van der Waals surface area contributed by atoms with Gasteiger partial charge in [0.05, 0.1) is 11.0 Å². The monoisotopic (exact) mass is 319 g/mol. The van der Waals surface area contributed by atoms with Crippen LogP contribution >= 0.6 is 0 Å². The molecule has 0 unspecified atom stereocenters. The lowest BCUT2D eigenvalue weighted by Gasteiger charge is -2.11. The highest BCUT2D eigenvalue weighted by molar-refractivity contribution is 5.91. The van der Waals surface area contributed by atoms with Gasteiger partial charge in [-0.15, -0.1) is 0 Å². The number of fused-ring (bicyclic) bond motifs is 1. The topological polar surface area (TPSA) is 46.9 Å². The molecule has 0 radical (unpaired) electrons. The minimum absolute atomic E-state index is 0.201. The Hall–Kier alpha value is -2.83. The Morgan fingerprint density at radius 3 is 2.39 bits per heavy atom. The van der Waals surface area contributed by atoms with Gasteiger partial charge in [0.2, 0.25) is 11.7 Å². The van der Waals surface area contributed by atoms with Gasteiger partial charge in [-0.2, -0.15) is 13.2 Å². The van der Waals surface area contributed by atoms with E-state index in [1.54, 1.807) is 42.5 Å². The molecule has 0 bridgehead atoms. The van der Waals surface area contributed by atoms with E-state index in [-0.39, 0.29) is 11.0 Å². The Labute approximate surface area is 129 Å². The van der Waals surface area contributed by atoms with E-state index in [1.807, 2.05) is 0 Å². The average molecular weight is 319 g/mol. The number of para-hydroxylation sites is 3. The molecule has 0 atom stereocenters. The normalized spacial score (nSPS) is 11.6. The number of hydrogen-bond acceptors (Lipinski definition) is 2. The van der Waals surface area contributed by atoms with Crippen molar-refractivity contribution in [1.29, 1.82) is 0 Å². The Balaban J connectivity index is 1.94. The van der Waals surface area contributed by atoms with Crippen molar-refractivity contribution in [2.75, 3.05) is 5.32 Å². The Kier molecular flexibility index (Phi) is 3.77. The van der Waals surface area contributed by atoms with Crippen LogP contribution in [0.25, 0.3) is 11.0 Å². The molecule has 3 rings (SSSR count). The standard InChI is InChI=1S/C16H12F3N3O/c17-16(18,19)15-21-12-8-4-5-9-13(12)22(15)10-14(23)20-11-6-2-1-3-7-11/h1-9H,10H2,(H,20,23). The van der Waals surface area contributed by atoms with E-state index in [1.165, 1.54) is 12.1 Å². The average Bonchev–Trinajstić information content (AvgIpc) is 2.87. The van der Waals surface area contributed by atoms with Gasteiger partial charge < -0.3 is 9.88 Å². The van der Waals surface area contributed by atoms with Crippen molar-refractivity contribution in [1.82, 2.24) is 9.55 Å². The van der Waals surface area contributed by atoms with Crippen molar-refractivity contribution >= 4 is 22.6 Å². The van der Waals surface area contributed by atoms with Crippen molar-refractivity contribution in [2.24, 2.45) is 0 Å². The fourth-order valence-corrected chi connectivity index (χ4v) is 2.32. The minimum atomic E-state index is -4.63. The molecule has 1 amide bonds. The second kappa shape index (κ2) is 5.75. The number of nitrogens with one attached hydrogen (secondary N) is 1. The van der Waals surface area contributed by atoms with Gasteiger partial charge in [0.25, 0.3) is 0 Å². The van der Waals surface area contributed by atoms with Gasteiger partial charge in [-0.05, 0) is 24.3 Å². The van der Waals surface area contributed by atoms with Crippen molar-refractivity contribution in [2.45, 2.75) is 12.7 Å². The number of anilines is 1. The van der Waals surface area contributed by atoms with E-state index in [0.717, 1.165) is 4.57 Å². The van der Waals surface area contributed by atoms with Crippen LogP contribution in [-0.2, 0) is 17.5 Å². The molecule has 0 saturated carbocycles. The molecule has 0 aliphatic rings. The molecule has 118 valence electrons. The molecule has 1 aromatic heterocycles. The summed E-state index contributed by atoms with van der Waals surface area (Å²) in [5.41, 5.74) is 0.992. The third-order valence-electron chi connectivity index (χ3n) is 3.27. The van der Waals surface area contributed by atoms with Crippen LogP contribution in [0.3, 0.4) is 0 Å². The van der Waals surface area contributed by atoms with Crippen LogP contribution in [0.1, 0.15) is 5.82 Å². The summed E-state index contributed by atoms with van der Waals surface area (Å²) in [6.07, 6.45) is -4.63. The van der Waals surface area contributed by atoms with Crippen molar-refractivity contribution in [3.8, 4) is 0 Å². The first kappa shape index (κ1) is 15.1. The molecule has 3 aromatic rings. The molecule has 4 nitrogen and oxygen atoms in total. The Morgan fingerprint density at radius 1 is 1.04 bits per heavy atom. The molecule has 23 heavy (non-hydrogen) atoms. The van der Waals surface area contributed by atoms with Crippen LogP contribution in [0.4, 0.5) is 18.9 Å². The maximum Gasteiger partial charge on any atom is 0.449 e. The number of aromatic nitrogens is 2. The van der Waals surface area contributed by atoms with E-state index in [9.17, 15) is 18.0 Å². The second-order valence-corrected chi connectivity index (χ2v) is 4.92. The molecule has 1 heterocycles. The van der Waals surface area contributed by atoms with E-state index >= 15 is 0 Å². The molecular formula is C16H12F3N3O. The number of alkyl halides is 3. The zero-order valence-electron chi connectivity index (χ0n) is 11.8. The first-order chi connectivity index (χ1) is 10.9. The summed E-state index contributed by atoms with van der Waals surface area (Å²) in [6.45, 7) is -0.468. The third-order valence-corrected chi connectivity index (χ3v) is 3.27. The second-order valence-electron chi connectivity index (χ2n) is 4.92. The molecular weight excluding hydrogens is 307 g/mol. The summed E-state index contributed by atoms with van der Waals surface area (Å²) in [7, 11) is 0. The van der Waals surface area contributed by atoms with Crippen LogP contribution in [-0.4, -0.2) is 15.5 Å². The summed E-state index contributed by atoms with van der Waals surface area (Å²) in [6, 6.07) is 14.7. The van der Waals surface area contributed by atoms with Crippen LogP contribution in [0, 0.1) is 0 Å². The summed E-state index contributed by atoms with van der Waals surface area (Å²) >= 11 is 0. The Morgan fingerprint density at radius 2 is 1.70 bits per heavy atom. The lowest BCUT2D eigenvalue weighted by Crippen LogP contribution is -2.23. The predicted octanol–water partition coefficient (Wildman–Crippen LogP) is 3.69. The molecule has 0 spiro atoms. The van der Waals surface area contributed by atoms with E-state index in [0.29, 0.717) is 5.69 Å². The maximum absolute atomic E-state index is 13.1. The number of carbonyl (C=O) groups excluding carboxylic acids is 1. The minimum Gasteiger partial charge on any atom is -0.325 e. The number of benzene rings is 2. The van der Waals surface area contributed by atoms with Gasteiger partial charge in [-0.1, -0.05) is 30.3 Å². The molecule has 0 saturated heterocycles. The van der Waals surface area contributed by atoms with Gasteiger partial charge in [-0.3, -0.25) is 4.79 Å². The fourth-order valence-electron chi connectivity index (χ4n) is 2.32. The number of hydrogen-bond donors (Lipinski definition) is 1. The van der Waals surface area contributed by atoms with Gasteiger partial charge in [0.1, 0.15) is 6.54 Å². The van der Waals surface area contributed by atoms with Gasteiger partial charge in [0, 0.05) is 5.69 Å². The molecule has 0 fully saturated rings. The number of amides is 1. The molecule has 7 heteroatoms. The number of rotatable bonds is 3. The smallest absolute Gasteiger partial charge is 0.325 e. The lowest BCUT2D eigenvalue weighted by molar-refractivity contribution is -0.147. The summed E-state index contributed by atoms with van der Waals surface area (Å²) < 4.78 is 40.3. The molecule has 2 aromatic carbocycles. The summed E-state index contributed by atoms with van der Waals surface area (Å²) in [4.78, 5) is 15.7. The van der Waals surface area contributed by atoms with E-state index < -0.39 is 24.5 Å². The molecule has 0 aliphatic carbocycles. The largest absolute Gasteiger partial charge is 0.449 e. The quantitative estimate of drug-likeness (QED) is 0.800. The highest BCUT2D eigenvalue weighted by atomic mass is 19.4. The summed E-state index contributed by atoms with van der Waals surface area (Å²) in [5, 5.41) is 2.57. The van der Waals surface area contributed by atoms with Gasteiger partial charge >= 0.3 is 6.18 Å². The maximum atomic E-state index is 13.1. The van der Waals surface area contributed by atoms with E-state index in [4.69, 9.17) is 0 Å². The number of halogens is 3. The number of nitrogens with zero attached hydrogens (tertiary/aromatic N) is 2. The molecule has 0 aliphatic heterocycles. The number of carbonyl (C=O) groups is 1. The third kappa shape index (κ3) is 3.18. The first-order valence-electron chi connectivity index (χ1n) is 6.82. The zero-order valence-corrected chi connectivity index (χ0v) is 11.8. The van der Waals surface area contributed by atoms with Crippen LogP contribution < -0.4 is 5.32 Å². The fraction of sp³-hybridized carbons (Fsp3) is 0.125. The van der Waals surface area contributed by atoms with Crippen molar-refractivity contribution < 1.29 is 18.0 Å².